The van der Waals surface area contributed by atoms with Crippen LogP contribution >= 0.6 is 23.8 Å². The van der Waals surface area contributed by atoms with Gasteiger partial charge in [-0.2, -0.15) is 0 Å². The van der Waals surface area contributed by atoms with Crippen LogP contribution in [0, 0.1) is 0 Å². The van der Waals surface area contributed by atoms with Gasteiger partial charge in [0.05, 0.1) is 22.2 Å². The lowest BCUT2D eigenvalue weighted by molar-refractivity contribution is 0.340. The summed E-state index contributed by atoms with van der Waals surface area (Å²) >= 11 is 11.3. The van der Waals surface area contributed by atoms with Crippen LogP contribution in [0.4, 0.5) is 17.1 Å². The molecule has 0 aliphatic heterocycles. The zero-order valence-electron chi connectivity index (χ0n) is 16.1. The number of thiocarbonyl (C=S) groups is 1. The number of rotatable bonds is 7. The van der Waals surface area contributed by atoms with Gasteiger partial charge in [0.2, 0.25) is 0 Å². The summed E-state index contributed by atoms with van der Waals surface area (Å²) in [7, 11) is -3.76. The summed E-state index contributed by atoms with van der Waals surface area (Å²) in [5, 5.41) is 6.79. The molecular weight excluding hydrogens is 442 g/mol. The Morgan fingerprint density at radius 1 is 0.933 bits per heavy atom. The van der Waals surface area contributed by atoms with E-state index in [0.29, 0.717) is 28.1 Å². The first-order valence-electron chi connectivity index (χ1n) is 9.05. The molecule has 0 saturated carbocycles. The topological polar surface area (TPSA) is 79.5 Å². The van der Waals surface area contributed by atoms with E-state index in [0.717, 1.165) is 11.4 Å². The molecule has 0 fully saturated rings. The molecule has 3 N–H and O–H groups in total. The van der Waals surface area contributed by atoms with Crippen LogP contribution in [0.3, 0.4) is 0 Å². The predicted octanol–water partition coefficient (Wildman–Crippen LogP) is 5.35. The number of halogens is 1. The van der Waals surface area contributed by atoms with Crippen molar-refractivity contribution in [3.8, 4) is 5.75 Å². The van der Waals surface area contributed by atoms with Gasteiger partial charge in [0.1, 0.15) is 5.75 Å². The minimum absolute atomic E-state index is 0.110. The van der Waals surface area contributed by atoms with E-state index in [4.69, 9.17) is 28.6 Å². The van der Waals surface area contributed by atoms with Gasteiger partial charge in [-0.05, 0) is 79.8 Å². The molecule has 0 heterocycles. The maximum absolute atomic E-state index is 12.6. The zero-order chi connectivity index (χ0) is 21.6. The monoisotopic (exact) mass is 461 g/mol. The molecule has 156 valence electrons. The molecule has 0 atom stereocenters. The van der Waals surface area contributed by atoms with E-state index in [1.807, 2.05) is 31.2 Å². The van der Waals surface area contributed by atoms with Crippen LogP contribution in [0.2, 0.25) is 5.02 Å². The molecule has 6 nitrogen and oxygen atoms in total. The Balaban J connectivity index is 1.62. The minimum atomic E-state index is -3.76. The molecular formula is C21H20ClN3O3S2. The molecule has 0 saturated heterocycles. The van der Waals surface area contributed by atoms with E-state index in [1.54, 1.807) is 36.4 Å². The number of benzene rings is 3. The lowest BCUT2D eigenvalue weighted by atomic mass is 10.3. The van der Waals surface area contributed by atoms with Crippen LogP contribution in [0.1, 0.15) is 6.92 Å². The zero-order valence-corrected chi connectivity index (χ0v) is 18.4. The summed E-state index contributed by atoms with van der Waals surface area (Å²) < 4.78 is 33.0. The minimum Gasteiger partial charge on any atom is -0.494 e. The molecule has 0 amide bonds. The molecule has 0 spiro atoms. The first kappa shape index (κ1) is 21.9. The number of hydrogen-bond acceptors (Lipinski definition) is 4. The van der Waals surface area contributed by atoms with Crippen LogP contribution in [-0.4, -0.2) is 20.1 Å². The summed E-state index contributed by atoms with van der Waals surface area (Å²) in [5.74, 6) is 0.782. The molecule has 0 unspecified atom stereocenters. The smallest absolute Gasteiger partial charge is 0.261 e. The molecule has 0 aliphatic rings. The van der Waals surface area contributed by atoms with Crippen LogP contribution < -0.4 is 20.1 Å². The highest BCUT2D eigenvalue weighted by molar-refractivity contribution is 7.92. The molecule has 30 heavy (non-hydrogen) atoms. The van der Waals surface area contributed by atoms with E-state index in [2.05, 4.69) is 15.4 Å². The normalized spacial score (nSPS) is 10.9. The quantitative estimate of drug-likeness (QED) is 0.412. The van der Waals surface area contributed by atoms with Gasteiger partial charge in [0, 0.05) is 11.4 Å². The first-order chi connectivity index (χ1) is 14.4. The lowest BCUT2D eigenvalue weighted by Gasteiger charge is -2.12. The number of sulfonamides is 1. The fourth-order valence-electron chi connectivity index (χ4n) is 2.56. The maximum Gasteiger partial charge on any atom is 0.261 e. The van der Waals surface area contributed by atoms with Crippen LogP contribution in [-0.2, 0) is 10.0 Å². The van der Waals surface area contributed by atoms with Crippen molar-refractivity contribution in [2.45, 2.75) is 11.8 Å². The van der Waals surface area contributed by atoms with Crippen LogP contribution in [0.15, 0.2) is 77.7 Å². The number of ether oxygens (including phenoxy) is 1. The highest BCUT2D eigenvalue weighted by atomic mass is 35.5. The van der Waals surface area contributed by atoms with Crippen molar-refractivity contribution in [1.29, 1.82) is 0 Å². The Morgan fingerprint density at radius 3 is 2.07 bits per heavy atom. The second-order valence-corrected chi connectivity index (χ2v) is 8.64. The SMILES string of the molecule is CCOc1ccc(NC(=S)Nc2ccc(S(=O)(=O)Nc3ccccc3Cl)cc2)cc1. The molecule has 0 bridgehead atoms. The van der Waals surface area contributed by atoms with Gasteiger partial charge in [-0.25, -0.2) is 8.42 Å². The second kappa shape index (κ2) is 9.80. The summed E-state index contributed by atoms with van der Waals surface area (Å²) in [6.45, 7) is 2.53. The third-order valence-corrected chi connectivity index (χ3v) is 5.88. The van der Waals surface area contributed by atoms with Crippen LogP contribution in [0.25, 0.3) is 0 Å². The fourth-order valence-corrected chi connectivity index (χ4v) is 4.11. The summed E-state index contributed by atoms with van der Waals surface area (Å²) in [4.78, 5) is 0.110. The Labute approximate surface area is 186 Å². The van der Waals surface area contributed by atoms with Crippen molar-refractivity contribution in [1.82, 2.24) is 0 Å². The van der Waals surface area contributed by atoms with Crippen molar-refractivity contribution in [2.24, 2.45) is 0 Å². The fraction of sp³-hybridized carbons (Fsp3) is 0.0952. The average Bonchev–Trinajstić information content (AvgIpc) is 2.72. The van der Waals surface area contributed by atoms with Gasteiger partial charge in [-0.3, -0.25) is 4.72 Å². The number of nitrogens with one attached hydrogen (secondary N) is 3. The van der Waals surface area contributed by atoms with E-state index in [1.165, 1.54) is 12.1 Å². The predicted molar refractivity (Wildman–Crippen MR) is 126 cm³/mol. The lowest BCUT2D eigenvalue weighted by Crippen LogP contribution is -2.19. The molecule has 3 aromatic carbocycles. The molecule has 0 radical (unpaired) electrons. The third kappa shape index (κ3) is 5.85. The Bertz CT molecular complexity index is 1120. The van der Waals surface area contributed by atoms with Gasteiger partial charge in [0.15, 0.2) is 5.11 Å². The Morgan fingerprint density at radius 2 is 1.50 bits per heavy atom. The standard InChI is InChI=1S/C21H20ClN3O3S2/c1-2-28-17-11-7-15(8-12-17)23-21(29)24-16-9-13-18(14-10-16)30(26,27)25-20-6-4-3-5-19(20)22/h3-14,25H,2H2,1H3,(H2,23,24,29). The van der Waals surface area contributed by atoms with Crippen molar-refractivity contribution in [3.05, 3.63) is 77.8 Å². The molecule has 3 aromatic rings. The first-order valence-corrected chi connectivity index (χ1v) is 11.3. The molecule has 0 aromatic heterocycles. The summed E-state index contributed by atoms with van der Waals surface area (Å²) in [6, 6.07) is 20.3. The highest BCUT2D eigenvalue weighted by Crippen LogP contribution is 2.24. The third-order valence-electron chi connectivity index (χ3n) is 3.96. The Kier molecular flexibility index (Phi) is 7.15. The van der Waals surface area contributed by atoms with Gasteiger partial charge in [-0.1, -0.05) is 23.7 Å². The maximum atomic E-state index is 12.6. The van der Waals surface area contributed by atoms with E-state index >= 15 is 0 Å². The van der Waals surface area contributed by atoms with Crippen molar-refractivity contribution in [3.63, 3.8) is 0 Å². The average molecular weight is 462 g/mol. The number of hydrogen-bond donors (Lipinski definition) is 3. The van der Waals surface area contributed by atoms with E-state index in [9.17, 15) is 8.42 Å². The van der Waals surface area contributed by atoms with Gasteiger partial charge in [0.25, 0.3) is 10.0 Å². The Hall–Kier alpha value is -2.81. The van der Waals surface area contributed by atoms with Gasteiger partial charge >= 0.3 is 0 Å². The molecule has 0 aliphatic carbocycles. The van der Waals surface area contributed by atoms with Gasteiger partial charge in [-0.15, -0.1) is 0 Å². The number of para-hydroxylation sites is 1. The van der Waals surface area contributed by atoms with Crippen molar-refractivity contribution in [2.75, 3.05) is 22.0 Å². The molecule has 9 heteroatoms. The van der Waals surface area contributed by atoms with Gasteiger partial charge < -0.3 is 15.4 Å². The highest BCUT2D eigenvalue weighted by Gasteiger charge is 2.15. The van der Waals surface area contributed by atoms with Crippen molar-refractivity contribution < 1.29 is 13.2 Å². The second-order valence-electron chi connectivity index (χ2n) is 6.15. The van der Waals surface area contributed by atoms with E-state index in [-0.39, 0.29) is 4.90 Å². The van der Waals surface area contributed by atoms with E-state index < -0.39 is 10.0 Å². The van der Waals surface area contributed by atoms with Crippen molar-refractivity contribution >= 4 is 56.0 Å². The summed E-state index contributed by atoms with van der Waals surface area (Å²) in [6.07, 6.45) is 0. The molecule has 3 rings (SSSR count). The summed E-state index contributed by atoms with van der Waals surface area (Å²) in [5.41, 5.74) is 1.77. The van der Waals surface area contributed by atoms with Crippen LogP contribution in [0.5, 0.6) is 5.75 Å². The largest absolute Gasteiger partial charge is 0.494 e. The number of anilines is 3.